The molecule has 0 radical (unpaired) electrons. The second-order valence-corrected chi connectivity index (χ2v) is 6.01. The van der Waals surface area contributed by atoms with Gasteiger partial charge in [0.1, 0.15) is 0 Å². The van der Waals surface area contributed by atoms with Crippen molar-refractivity contribution in [2.75, 3.05) is 7.05 Å². The van der Waals surface area contributed by atoms with Crippen molar-refractivity contribution in [2.45, 2.75) is 68.7 Å². The number of carbonyl (C=O) groups excluding carboxylic acids is 2. The molecule has 0 saturated heterocycles. The van der Waals surface area contributed by atoms with Crippen molar-refractivity contribution in [1.29, 1.82) is 0 Å². The number of nitrogens with zero attached hydrogens (tertiary/aromatic N) is 2. The van der Waals surface area contributed by atoms with Gasteiger partial charge in [0, 0.05) is 37.4 Å². The molecule has 0 aromatic rings. The fourth-order valence-electron chi connectivity index (χ4n) is 1.03. The van der Waals surface area contributed by atoms with Crippen molar-refractivity contribution in [3.8, 4) is 0 Å². The van der Waals surface area contributed by atoms with Crippen LogP contribution in [0.15, 0.2) is 53.5 Å². The topological polar surface area (TPSA) is 61.8 Å². The molecule has 28 heavy (non-hydrogen) atoms. The number of nitrogens with one attached hydrogen (secondary N) is 1. The summed E-state index contributed by atoms with van der Waals surface area (Å²) < 4.78 is 0. The summed E-state index contributed by atoms with van der Waals surface area (Å²) in [7, 11) is 1.51. The number of hydrogen-bond acceptors (Lipinski definition) is 3. The molecule has 0 spiro atoms. The van der Waals surface area contributed by atoms with Gasteiger partial charge >= 0.3 is 0 Å². The number of allylic oxidation sites excluding steroid dienone is 4. The van der Waals surface area contributed by atoms with Gasteiger partial charge in [0.05, 0.1) is 0 Å². The van der Waals surface area contributed by atoms with E-state index in [2.05, 4.69) is 51.5 Å². The van der Waals surface area contributed by atoms with Crippen LogP contribution in [-0.4, -0.2) is 30.5 Å². The molecule has 0 fully saturated rings. The Morgan fingerprint density at radius 1 is 1.18 bits per heavy atom. The van der Waals surface area contributed by atoms with E-state index in [4.69, 9.17) is 0 Å². The lowest BCUT2D eigenvalue weighted by molar-refractivity contribution is -0.116. The third kappa shape index (κ3) is 31.4. The molecule has 5 heteroatoms. The van der Waals surface area contributed by atoms with E-state index in [-0.39, 0.29) is 5.91 Å². The number of rotatable bonds is 7. The summed E-state index contributed by atoms with van der Waals surface area (Å²) in [4.78, 5) is 27.2. The zero-order valence-electron chi connectivity index (χ0n) is 19.7. The van der Waals surface area contributed by atoms with E-state index in [9.17, 15) is 9.59 Å². The first-order valence-electron chi connectivity index (χ1n) is 9.84. The van der Waals surface area contributed by atoms with Crippen LogP contribution in [0.1, 0.15) is 68.7 Å². The minimum atomic E-state index is -0.287. The van der Waals surface area contributed by atoms with Gasteiger partial charge in [-0.05, 0) is 25.3 Å². The zero-order chi connectivity index (χ0) is 23.0. The van der Waals surface area contributed by atoms with Gasteiger partial charge < -0.3 is 5.32 Å². The molecule has 0 aromatic heterocycles. The Labute approximate surface area is 174 Å². The largest absolute Gasteiger partial charge is 0.356 e. The lowest BCUT2D eigenvalue weighted by Crippen LogP contribution is -2.17. The smallest absolute Gasteiger partial charge is 0.245 e. The van der Waals surface area contributed by atoms with E-state index in [1.165, 1.54) is 36.8 Å². The molecule has 0 aliphatic rings. The summed E-state index contributed by atoms with van der Waals surface area (Å²) in [5.41, 5.74) is 1.34. The maximum atomic E-state index is 11.0. The molecule has 1 N–H and O–H groups in total. The number of aliphatic imine (C=N–C) groups is 1. The summed E-state index contributed by atoms with van der Waals surface area (Å²) in [6, 6.07) is 0. The Kier molecular flexibility index (Phi) is 31.8. The maximum Gasteiger partial charge on any atom is 0.245 e. The second-order valence-electron chi connectivity index (χ2n) is 6.01. The quantitative estimate of drug-likeness (QED) is 0.254. The van der Waals surface area contributed by atoms with E-state index in [1.54, 1.807) is 13.1 Å². The molecule has 0 atom stereocenters. The van der Waals surface area contributed by atoms with Crippen LogP contribution >= 0.6 is 0 Å². The molecule has 0 saturated carbocycles. The molecule has 162 valence electrons. The highest BCUT2D eigenvalue weighted by molar-refractivity contribution is 5.87. The minimum Gasteiger partial charge on any atom is -0.356 e. The van der Waals surface area contributed by atoms with Crippen LogP contribution in [-0.2, 0) is 9.59 Å². The van der Waals surface area contributed by atoms with E-state index < -0.39 is 0 Å². The number of likely N-dealkylation sites (N-methyl/N-ethyl adjacent to an activating group) is 1. The van der Waals surface area contributed by atoms with Crippen molar-refractivity contribution in [1.82, 2.24) is 10.2 Å². The normalized spacial score (nSPS) is 10.5. The third-order valence-electron chi connectivity index (χ3n) is 2.04. The van der Waals surface area contributed by atoms with Gasteiger partial charge in [0.2, 0.25) is 12.3 Å². The van der Waals surface area contributed by atoms with Crippen LogP contribution in [0.4, 0.5) is 0 Å². The van der Waals surface area contributed by atoms with Crippen LogP contribution < -0.4 is 5.32 Å². The molecular formula is C23H43N3O2. The standard InChI is InChI=1S/C14H19N3O2.C4H10.C3H8.C2H6/c1-5-6-12(2)9-16-10-13(3)17(11-18)8-7-14(19)15-4;1-4(2)3;1-3-2;1-2/h5-11H,2H2,1,3-4H3,(H,15,19);4H,1-3H3;3H2,1-2H3;1-2H3/b6-5-,8-7-,13-10+,16-9?;;;. The predicted octanol–water partition coefficient (Wildman–Crippen LogP) is 5.87. The molecule has 5 nitrogen and oxygen atoms in total. The average Bonchev–Trinajstić information content (AvgIpc) is 2.64. The number of carbonyl (C=O) groups is 2. The van der Waals surface area contributed by atoms with E-state index in [1.807, 2.05) is 32.9 Å². The summed E-state index contributed by atoms with van der Waals surface area (Å²) in [5.74, 6) is 0.546. The van der Waals surface area contributed by atoms with Crippen molar-refractivity contribution < 1.29 is 9.59 Å². The van der Waals surface area contributed by atoms with Crippen molar-refractivity contribution in [2.24, 2.45) is 10.9 Å². The Morgan fingerprint density at radius 3 is 2.00 bits per heavy atom. The molecule has 0 heterocycles. The molecule has 0 bridgehead atoms. The maximum absolute atomic E-state index is 11.0. The highest BCUT2D eigenvalue weighted by atomic mass is 16.1. The monoisotopic (exact) mass is 393 g/mol. The average molecular weight is 394 g/mol. The van der Waals surface area contributed by atoms with Crippen molar-refractivity contribution in [3.63, 3.8) is 0 Å². The van der Waals surface area contributed by atoms with Crippen LogP contribution in [0.2, 0.25) is 0 Å². The van der Waals surface area contributed by atoms with Crippen LogP contribution in [0.25, 0.3) is 0 Å². The van der Waals surface area contributed by atoms with Gasteiger partial charge in [-0.1, -0.05) is 73.6 Å². The molecule has 0 unspecified atom stereocenters. The molecular weight excluding hydrogens is 350 g/mol. The van der Waals surface area contributed by atoms with E-state index >= 15 is 0 Å². The molecule has 0 aromatic carbocycles. The zero-order valence-corrected chi connectivity index (χ0v) is 19.7. The third-order valence-corrected chi connectivity index (χ3v) is 2.04. The van der Waals surface area contributed by atoms with Gasteiger partial charge in [0.15, 0.2) is 0 Å². The second kappa shape index (κ2) is 26.8. The highest BCUT2D eigenvalue weighted by Crippen LogP contribution is 2.01. The summed E-state index contributed by atoms with van der Waals surface area (Å²) in [6.45, 7) is 22.1. The van der Waals surface area contributed by atoms with Gasteiger partial charge in [-0.2, -0.15) is 0 Å². The van der Waals surface area contributed by atoms with Crippen LogP contribution in [0, 0.1) is 5.92 Å². The minimum absolute atomic E-state index is 0.287. The first kappa shape index (κ1) is 33.2. The SMILES string of the molecule is C=C(C=N/C=C(\C)N(C=O)/C=C\C(=O)NC)/C=C\C.CC.CC(C)C.CCC. The van der Waals surface area contributed by atoms with Gasteiger partial charge in [-0.3, -0.25) is 19.5 Å². The Balaban J connectivity index is -0.000000269. The van der Waals surface area contributed by atoms with Gasteiger partial charge in [0.25, 0.3) is 0 Å². The van der Waals surface area contributed by atoms with E-state index in [0.717, 1.165) is 11.5 Å². The first-order chi connectivity index (χ1) is 13.2. The highest BCUT2D eigenvalue weighted by Gasteiger charge is 1.99. The fraction of sp³-hybridized carbons (Fsp3) is 0.522. The number of amides is 2. The predicted molar refractivity (Wildman–Crippen MR) is 125 cm³/mol. The van der Waals surface area contributed by atoms with Gasteiger partial charge in [-0.15, -0.1) is 0 Å². The number of hydrogen-bond donors (Lipinski definition) is 1. The lowest BCUT2D eigenvalue weighted by atomic mass is 10.3. The van der Waals surface area contributed by atoms with Crippen LogP contribution in [0.3, 0.4) is 0 Å². The van der Waals surface area contributed by atoms with Crippen molar-refractivity contribution >= 4 is 18.5 Å². The summed E-state index contributed by atoms with van der Waals surface area (Å²) >= 11 is 0. The first-order valence-corrected chi connectivity index (χ1v) is 9.84. The molecule has 0 aliphatic carbocycles. The molecule has 0 aliphatic heterocycles. The summed E-state index contributed by atoms with van der Waals surface area (Å²) in [6.07, 6.45) is 11.2. The summed E-state index contributed by atoms with van der Waals surface area (Å²) in [5, 5.41) is 2.42. The molecule has 0 rings (SSSR count). The van der Waals surface area contributed by atoms with E-state index in [0.29, 0.717) is 12.1 Å². The lowest BCUT2D eigenvalue weighted by Gasteiger charge is -2.10. The Hall–Kier alpha value is -2.43. The van der Waals surface area contributed by atoms with Crippen molar-refractivity contribution in [3.05, 3.63) is 48.5 Å². The van der Waals surface area contributed by atoms with Gasteiger partial charge in [-0.25, -0.2) is 0 Å². The Bertz CT molecular complexity index is 499. The molecule has 2 amide bonds. The fourth-order valence-corrected chi connectivity index (χ4v) is 1.03. The Morgan fingerprint density at radius 2 is 1.64 bits per heavy atom. The van der Waals surface area contributed by atoms with Crippen LogP contribution in [0.5, 0.6) is 0 Å².